The van der Waals surface area contributed by atoms with Gasteiger partial charge in [0, 0.05) is 48.3 Å². The molecule has 0 atom stereocenters. The Labute approximate surface area is 137 Å². The fourth-order valence-corrected chi connectivity index (χ4v) is 2.57. The quantitative estimate of drug-likeness (QED) is 0.606. The summed E-state index contributed by atoms with van der Waals surface area (Å²) in [7, 11) is 0. The monoisotopic (exact) mass is 318 g/mol. The number of fused-ring (bicyclic) bond motifs is 1. The van der Waals surface area contributed by atoms with Crippen molar-refractivity contribution in [1.29, 1.82) is 0 Å². The number of aryl methyl sites for hydroxylation is 1. The third-order valence-corrected chi connectivity index (χ3v) is 3.77. The molecule has 0 aromatic carbocycles. The van der Waals surface area contributed by atoms with Crippen LogP contribution in [0.1, 0.15) is 5.56 Å². The number of rotatable bonds is 3. The van der Waals surface area contributed by atoms with Gasteiger partial charge in [0.25, 0.3) is 0 Å². The summed E-state index contributed by atoms with van der Waals surface area (Å²) in [6.07, 6.45) is 10.4. The van der Waals surface area contributed by atoms with E-state index in [2.05, 4.69) is 25.3 Å². The van der Waals surface area contributed by atoms with Crippen LogP contribution in [0.5, 0.6) is 0 Å². The van der Waals surface area contributed by atoms with Gasteiger partial charge in [0.05, 0.1) is 11.9 Å². The number of aromatic amines is 1. The van der Waals surface area contributed by atoms with Crippen molar-refractivity contribution in [2.45, 2.75) is 6.92 Å². The van der Waals surface area contributed by atoms with Gasteiger partial charge in [-0.15, -0.1) is 0 Å². The highest BCUT2D eigenvalue weighted by atomic mass is 16.1. The van der Waals surface area contributed by atoms with Crippen LogP contribution in [0.4, 0.5) is 11.5 Å². The van der Waals surface area contributed by atoms with Crippen molar-refractivity contribution < 1.29 is 0 Å². The summed E-state index contributed by atoms with van der Waals surface area (Å²) in [6, 6.07) is 5.26. The third-order valence-electron chi connectivity index (χ3n) is 3.77. The Kier molecular flexibility index (Phi) is 3.31. The minimum atomic E-state index is -0.157. The maximum atomic E-state index is 11.6. The normalized spacial score (nSPS) is 10.9. The van der Waals surface area contributed by atoms with Gasteiger partial charge < -0.3 is 10.3 Å². The topological polar surface area (TPSA) is 88.0 Å². The van der Waals surface area contributed by atoms with Crippen LogP contribution in [0.15, 0.2) is 60.2 Å². The molecule has 0 aliphatic heterocycles. The molecule has 24 heavy (non-hydrogen) atoms. The summed E-state index contributed by atoms with van der Waals surface area (Å²) < 4.78 is 1.90. The minimum Gasteiger partial charge on any atom is -0.337 e. The van der Waals surface area contributed by atoms with Gasteiger partial charge in [0.1, 0.15) is 0 Å². The van der Waals surface area contributed by atoms with Gasteiger partial charge >= 0.3 is 0 Å². The molecule has 118 valence electrons. The zero-order valence-corrected chi connectivity index (χ0v) is 12.9. The molecule has 4 aromatic rings. The lowest BCUT2D eigenvalue weighted by Gasteiger charge is -2.11. The van der Waals surface area contributed by atoms with E-state index in [-0.39, 0.29) is 5.56 Å². The molecule has 0 saturated carbocycles. The van der Waals surface area contributed by atoms with Crippen molar-refractivity contribution in [3.05, 3.63) is 71.3 Å². The number of nitrogens with zero attached hydrogens (tertiary/aromatic N) is 4. The van der Waals surface area contributed by atoms with Crippen LogP contribution in [0.3, 0.4) is 0 Å². The molecule has 7 nitrogen and oxygen atoms in total. The van der Waals surface area contributed by atoms with Gasteiger partial charge in [-0.1, -0.05) is 0 Å². The Morgan fingerprint density at radius 2 is 2.08 bits per heavy atom. The number of pyridine rings is 2. The average molecular weight is 318 g/mol. The van der Waals surface area contributed by atoms with E-state index in [0.29, 0.717) is 11.5 Å². The Morgan fingerprint density at radius 1 is 1.17 bits per heavy atom. The highest BCUT2D eigenvalue weighted by molar-refractivity contribution is 5.74. The number of H-pyrrole nitrogens is 1. The Morgan fingerprint density at radius 3 is 2.92 bits per heavy atom. The molecule has 0 aliphatic carbocycles. The number of aromatic nitrogens is 5. The maximum Gasteiger partial charge on any atom is 0.248 e. The summed E-state index contributed by atoms with van der Waals surface area (Å²) in [5.41, 5.74) is 4.04. The predicted octanol–water partition coefficient (Wildman–Crippen LogP) is 2.53. The van der Waals surface area contributed by atoms with Crippen LogP contribution in [0.25, 0.3) is 16.9 Å². The van der Waals surface area contributed by atoms with Crippen LogP contribution in [0.2, 0.25) is 0 Å². The van der Waals surface area contributed by atoms with Gasteiger partial charge in [0.2, 0.25) is 5.56 Å². The molecule has 2 N–H and O–H groups in total. The van der Waals surface area contributed by atoms with Crippen LogP contribution < -0.4 is 10.9 Å². The van der Waals surface area contributed by atoms with E-state index >= 15 is 0 Å². The minimum absolute atomic E-state index is 0.157. The van der Waals surface area contributed by atoms with Gasteiger partial charge in [-0.25, -0.2) is 9.97 Å². The predicted molar refractivity (Wildman–Crippen MR) is 91.3 cm³/mol. The molecule has 4 rings (SSSR count). The van der Waals surface area contributed by atoms with Crippen LogP contribution in [-0.4, -0.2) is 24.3 Å². The summed E-state index contributed by atoms with van der Waals surface area (Å²) in [6.45, 7) is 1.97. The van der Waals surface area contributed by atoms with Crippen LogP contribution in [0, 0.1) is 6.92 Å². The smallest absolute Gasteiger partial charge is 0.248 e. The zero-order valence-electron chi connectivity index (χ0n) is 12.9. The number of anilines is 2. The van der Waals surface area contributed by atoms with E-state index in [4.69, 9.17) is 0 Å². The lowest BCUT2D eigenvalue weighted by atomic mass is 10.2. The van der Waals surface area contributed by atoms with Crippen molar-refractivity contribution in [3.63, 3.8) is 0 Å². The molecule has 0 bridgehead atoms. The summed E-state index contributed by atoms with van der Waals surface area (Å²) in [4.78, 5) is 27.1. The first-order valence-corrected chi connectivity index (χ1v) is 7.41. The molecule has 7 heteroatoms. The molecule has 0 amide bonds. The molecule has 0 spiro atoms. The Bertz CT molecular complexity index is 1080. The number of imidazole rings is 1. The van der Waals surface area contributed by atoms with E-state index in [9.17, 15) is 4.79 Å². The highest BCUT2D eigenvalue weighted by Crippen LogP contribution is 2.25. The molecule has 4 aromatic heterocycles. The first-order chi connectivity index (χ1) is 11.7. The van der Waals surface area contributed by atoms with Crippen molar-refractivity contribution in [2.75, 3.05) is 5.32 Å². The second kappa shape index (κ2) is 5.62. The molecule has 0 aliphatic rings. The first-order valence-electron chi connectivity index (χ1n) is 7.41. The largest absolute Gasteiger partial charge is 0.337 e. The molecular formula is C17H14N6O. The third kappa shape index (κ3) is 2.41. The second-order valence-electron chi connectivity index (χ2n) is 5.37. The van der Waals surface area contributed by atoms with Gasteiger partial charge in [-0.3, -0.25) is 14.2 Å². The number of hydrogen-bond donors (Lipinski definition) is 2. The van der Waals surface area contributed by atoms with Gasteiger partial charge in [0.15, 0.2) is 11.5 Å². The number of nitrogens with one attached hydrogen (secondary N) is 2. The van der Waals surface area contributed by atoms with Gasteiger partial charge in [-0.05, 0) is 24.6 Å². The van der Waals surface area contributed by atoms with E-state index < -0.39 is 0 Å². The van der Waals surface area contributed by atoms with Crippen molar-refractivity contribution in [1.82, 2.24) is 24.3 Å². The average Bonchev–Trinajstić information content (AvgIpc) is 3.07. The van der Waals surface area contributed by atoms with Crippen molar-refractivity contribution >= 4 is 17.2 Å². The van der Waals surface area contributed by atoms with E-state index in [1.807, 2.05) is 29.7 Å². The first kappa shape index (κ1) is 14.1. The standard InChI is InChI=1S/C17H14N6O/c1-11-9-18-4-3-13(11)22-16-17-20-6-7-23(17)14(10-21-16)12-2-5-19-15(24)8-12/h2-10H,1H3,(H,19,24)(H,18,21,22). The zero-order chi connectivity index (χ0) is 16.5. The van der Waals surface area contributed by atoms with E-state index in [1.54, 1.807) is 31.0 Å². The second-order valence-corrected chi connectivity index (χ2v) is 5.37. The van der Waals surface area contributed by atoms with E-state index in [0.717, 1.165) is 22.5 Å². The Balaban J connectivity index is 1.83. The highest BCUT2D eigenvalue weighted by Gasteiger charge is 2.11. The molecule has 0 radical (unpaired) electrons. The molecule has 0 fully saturated rings. The summed E-state index contributed by atoms with van der Waals surface area (Å²) in [5, 5.41) is 3.29. The fraction of sp³-hybridized carbons (Fsp3) is 0.0588. The van der Waals surface area contributed by atoms with Crippen molar-refractivity contribution in [3.8, 4) is 11.3 Å². The van der Waals surface area contributed by atoms with E-state index in [1.165, 1.54) is 6.07 Å². The fourth-order valence-electron chi connectivity index (χ4n) is 2.57. The van der Waals surface area contributed by atoms with Crippen LogP contribution in [-0.2, 0) is 0 Å². The summed E-state index contributed by atoms with van der Waals surface area (Å²) >= 11 is 0. The molecule has 0 unspecified atom stereocenters. The van der Waals surface area contributed by atoms with Crippen LogP contribution >= 0.6 is 0 Å². The Hall–Kier alpha value is -3.48. The lowest BCUT2D eigenvalue weighted by molar-refractivity contribution is 1.12. The maximum absolute atomic E-state index is 11.6. The molecule has 0 saturated heterocycles. The molecular weight excluding hydrogens is 304 g/mol. The van der Waals surface area contributed by atoms with Crippen molar-refractivity contribution in [2.24, 2.45) is 0 Å². The lowest BCUT2D eigenvalue weighted by Crippen LogP contribution is -2.05. The number of hydrogen-bond acceptors (Lipinski definition) is 5. The SMILES string of the molecule is Cc1cnccc1Nc1ncc(-c2cc[nH]c(=O)c2)n2ccnc12. The van der Waals surface area contributed by atoms with Gasteiger partial charge in [-0.2, -0.15) is 0 Å². The molecule has 4 heterocycles. The summed E-state index contributed by atoms with van der Waals surface area (Å²) in [5.74, 6) is 0.642.